The van der Waals surface area contributed by atoms with Crippen LogP contribution in [0.3, 0.4) is 0 Å². The Balaban J connectivity index is 1.39. The Labute approximate surface area is 203 Å². The minimum Gasteiger partial charge on any atom is -0.348 e. The van der Waals surface area contributed by atoms with Crippen molar-refractivity contribution in [1.82, 2.24) is 10.2 Å². The van der Waals surface area contributed by atoms with Gasteiger partial charge in [-0.2, -0.15) is 0 Å². The molecule has 172 valence electrons. The Bertz CT molecular complexity index is 1280. The Morgan fingerprint density at radius 3 is 2.65 bits per heavy atom. The van der Waals surface area contributed by atoms with E-state index in [2.05, 4.69) is 5.32 Å². The van der Waals surface area contributed by atoms with Crippen LogP contribution in [-0.4, -0.2) is 35.2 Å². The van der Waals surface area contributed by atoms with E-state index in [4.69, 9.17) is 11.6 Å². The van der Waals surface area contributed by atoms with Crippen LogP contribution in [0, 0.1) is 0 Å². The summed E-state index contributed by atoms with van der Waals surface area (Å²) in [5.74, 6) is -0.396. The summed E-state index contributed by atoms with van der Waals surface area (Å²) in [5.41, 5.74) is 3.30. The quantitative estimate of drug-likeness (QED) is 0.596. The second kappa shape index (κ2) is 9.31. The average Bonchev–Trinajstić information content (AvgIpc) is 3.33. The van der Waals surface area contributed by atoms with Crippen molar-refractivity contribution < 1.29 is 14.4 Å². The number of amides is 3. The lowest BCUT2D eigenvalue weighted by molar-refractivity contribution is -0.122. The molecule has 1 atom stereocenters. The zero-order valence-electron chi connectivity index (χ0n) is 18.5. The summed E-state index contributed by atoms with van der Waals surface area (Å²) in [5, 5.41) is 3.50. The van der Waals surface area contributed by atoms with Crippen LogP contribution in [0.25, 0.3) is 0 Å². The number of hydrogen-bond donors (Lipinski definition) is 1. The normalized spacial score (nSPS) is 17.3. The van der Waals surface area contributed by atoms with Gasteiger partial charge < -0.3 is 15.1 Å². The lowest BCUT2D eigenvalue weighted by atomic mass is 10.1. The van der Waals surface area contributed by atoms with Crippen molar-refractivity contribution in [2.75, 3.05) is 11.4 Å². The van der Waals surface area contributed by atoms with E-state index in [0.717, 1.165) is 17.5 Å². The van der Waals surface area contributed by atoms with E-state index in [1.165, 1.54) is 0 Å². The van der Waals surface area contributed by atoms with E-state index in [9.17, 15) is 14.4 Å². The highest BCUT2D eigenvalue weighted by Crippen LogP contribution is 2.33. The number of nitrogens with zero attached hydrogens (tertiary/aromatic N) is 2. The van der Waals surface area contributed by atoms with Gasteiger partial charge in [0.2, 0.25) is 5.91 Å². The number of fused-ring (bicyclic) bond motifs is 2. The number of anilines is 1. The molecule has 0 unspecified atom stereocenters. The van der Waals surface area contributed by atoms with Gasteiger partial charge in [-0.05, 0) is 54.3 Å². The maximum Gasteiger partial charge on any atom is 0.256 e. The van der Waals surface area contributed by atoms with Crippen molar-refractivity contribution in [3.05, 3.63) is 100 Å². The van der Waals surface area contributed by atoms with Crippen LogP contribution in [0.1, 0.15) is 44.7 Å². The van der Waals surface area contributed by atoms with Crippen molar-refractivity contribution in [3.63, 3.8) is 0 Å². The van der Waals surface area contributed by atoms with Gasteiger partial charge in [-0.1, -0.05) is 54.1 Å². The van der Waals surface area contributed by atoms with Crippen LogP contribution < -0.4 is 10.2 Å². The monoisotopic (exact) mass is 473 g/mol. The lowest BCUT2D eigenvalue weighted by Crippen LogP contribution is -2.44. The highest BCUT2D eigenvalue weighted by atomic mass is 35.5. The highest BCUT2D eigenvalue weighted by Gasteiger charge is 2.41. The molecule has 2 aliphatic rings. The Morgan fingerprint density at radius 2 is 1.79 bits per heavy atom. The number of carbonyl (C=O) groups excluding carboxylic acids is 3. The first-order valence-electron chi connectivity index (χ1n) is 11.3. The molecule has 0 saturated carbocycles. The van der Waals surface area contributed by atoms with E-state index in [-0.39, 0.29) is 24.3 Å². The predicted octanol–water partition coefficient (Wildman–Crippen LogP) is 4.42. The van der Waals surface area contributed by atoms with Gasteiger partial charge in [-0.15, -0.1) is 0 Å². The third-order valence-corrected chi connectivity index (χ3v) is 6.79. The van der Waals surface area contributed by atoms with Crippen LogP contribution in [0.4, 0.5) is 5.69 Å². The number of rotatable bonds is 5. The Kier molecular flexibility index (Phi) is 6.07. The van der Waals surface area contributed by atoms with Crippen molar-refractivity contribution in [2.45, 2.75) is 32.0 Å². The second-order valence-electron chi connectivity index (χ2n) is 8.57. The zero-order chi connectivity index (χ0) is 23.7. The molecule has 1 N–H and O–H groups in total. The third kappa shape index (κ3) is 4.17. The van der Waals surface area contributed by atoms with E-state index >= 15 is 0 Å². The largest absolute Gasteiger partial charge is 0.348 e. The fourth-order valence-electron chi connectivity index (χ4n) is 4.69. The number of carbonyl (C=O) groups is 3. The molecular weight excluding hydrogens is 450 g/mol. The molecule has 1 saturated heterocycles. The number of benzene rings is 3. The molecule has 2 heterocycles. The van der Waals surface area contributed by atoms with Crippen LogP contribution >= 0.6 is 11.6 Å². The Hall–Kier alpha value is -3.64. The SMILES string of the molecule is O=C(NCc1ccccc1Cl)c1cccc(CN2C(=O)[C@H]3CCCN3C(=O)c3ccccc32)c1. The summed E-state index contributed by atoms with van der Waals surface area (Å²) < 4.78 is 0. The molecule has 6 nitrogen and oxygen atoms in total. The van der Waals surface area contributed by atoms with Crippen molar-refractivity contribution in [1.29, 1.82) is 0 Å². The van der Waals surface area contributed by atoms with Gasteiger partial charge in [-0.3, -0.25) is 14.4 Å². The van der Waals surface area contributed by atoms with Gasteiger partial charge in [0.15, 0.2) is 0 Å². The van der Waals surface area contributed by atoms with Crippen LogP contribution in [0.15, 0.2) is 72.8 Å². The van der Waals surface area contributed by atoms with Gasteiger partial charge in [0.25, 0.3) is 11.8 Å². The molecule has 5 rings (SSSR count). The molecule has 3 amide bonds. The minimum atomic E-state index is -0.443. The van der Waals surface area contributed by atoms with Crippen LogP contribution in [0.5, 0.6) is 0 Å². The molecular formula is C27H24ClN3O3. The predicted molar refractivity (Wildman–Crippen MR) is 131 cm³/mol. The zero-order valence-corrected chi connectivity index (χ0v) is 19.3. The summed E-state index contributed by atoms with van der Waals surface area (Å²) in [6, 6.07) is 21.4. The molecule has 3 aromatic carbocycles. The summed E-state index contributed by atoms with van der Waals surface area (Å²) in [7, 11) is 0. The molecule has 0 spiro atoms. The third-order valence-electron chi connectivity index (χ3n) is 6.42. The minimum absolute atomic E-state index is 0.0793. The second-order valence-corrected chi connectivity index (χ2v) is 8.98. The van der Waals surface area contributed by atoms with E-state index < -0.39 is 6.04 Å². The molecule has 2 aliphatic heterocycles. The van der Waals surface area contributed by atoms with Crippen molar-refractivity contribution in [2.24, 2.45) is 0 Å². The summed E-state index contributed by atoms with van der Waals surface area (Å²) in [6.45, 7) is 1.19. The number of nitrogens with one attached hydrogen (secondary N) is 1. The maximum absolute atomic E-state index is 13.5. The van der Waals surface area contributed by atoms with Gasteiger partial charge in [0.1, 0.15) is 6.04 Å². The van der Waals surface area contributed by atoms with E-state index in [0.29, 0.717) is 41.3 Å². The number of para-hydroxylation sites is 1. The van der Waals surface area contributed by atoms with Crippen molar-refractivity contribution >= 4 is 35.0 Å². The molecule has 7 heteroatoms. The van der Waals surface area contributed by atoms with E-state index in [1.54, 1.807) is 40.1 Å². The molecule has 0 aliphatic carbocycles. The maximum atomic E-state index is 13.5. The van der Waals surface area contributed by atoms with Gasteiger partial charge in [0, 0.05) is 23.7 Å². The fraction of sp³-hybridized carbons (Fsp3) is 0.222. The van der Waals surface area contributed by atoms with Crippen LogP contribution in [-0.2, 0) is 17.9 Å². The standard InChI is InChI=1S/C27H24ClN3O3/c28-22-11-3-1-8-20(22)16-29-25(32)19-9-5-7-18(15-19)17-31-23-12-4-2-10-21(23)26(33)30-14-6-13-24(30)27(31)34/h1-5,7-12,15,24H,6,13-14,16-17H2,(H,29,32)/t24-/m1/s1. The number of halogens is 1. The average molecular weight is 474 g/mol. The van der Waals surface area contributed by atoms with Gasteiger partial charge >= 0.3 is 0 Å². The van der Waals surface area contributed by atoms with Crippen molar-refractivity contribution in [3.8, 4) is 0 Å². The van der Waals surface area contributed by atoms with Crippen LogP contribution in [0.2, 0.25) is 5.02 Å². The first kappa shape index (κ1) is 22.2. The number of hydrogen-bond acceptors (Lipinski definition) is 3. The first-order chi connectivity index (χ1) is 16.5. The van der Waals surface area contributed by atoms with E-state index in [1.807, 2.05) is 42.5 Å². The molecule has 0 radical (unpaired) electrons. The topological polar surface area (TPSA) is 69.7 Å². The van der Waals surface area contributed by atoms with Gasteiger partial charge in [-0.25, -0.2) is 0 Å². The highest BCUT2D eigenvalue weighted by molar-refractivity contribution is 6.31. The molecule has 3 aromatic rings. The summed E-state index contributed by atoms with van der Waals surface area (Å²) in [6.07, 6.45) is 1.48. The molecule has 34 heavy (non-hydrogen) atoms. The molecule has 0 bridgehead atoms. The lowest BCUT2D eigenvalue weighted by Gasteiger charge is -2.26. The Morgan fingerprint density at radius 1 is 1.00 bits per heavy atom. The summed E-state index contributed by atoms with van der Waals surface area (Å²) >= 11 is 6.19. The first-order valence-corrected chi connectivity index (χ1v) is 11.7. The fourth-order valence-corrected chi connectivity index (χ4v) is 4.89. The summed E-state index contributed by atoms with van der Waals surface area (Å²) in [4.78, 5) is 42.8. The van der Waals surface area contributed by atoms with Gasteiger partial charge in [0.05, 0.1) is 17.8 Å². The molecule has 1 fully saturated rings. The molecule has 0 aromatic heterocycles. The smallest absolute Gasteiger partial charge is 0.256 e.